The smallest absolute Gasteiger partial charge is 0.310 e. The second-order valence-electron chi connectivity index (χ2n) is 15.0. The normalized spacial score (nSPS) is 19.1. The number of nitriles is 1. The summed E-state index contributed by atoms with van der Waals surface area (Å²) in [6.07, 6.45) is 2.97. The number of benzene rings is 3. The highest BCUT2D eigenvalue weighted by Crippen LogP contribution is 2.38. The van der Waals surface area contributed by atoms with E-state index in [9.17, 15) is 20.3 Å². The molecular formula is C42H42N8O4. The average Bonchev–Trinajstić information content (AvgIpc) is 3.87. The van der Waals surface area contributed by atoms with E-state index in [2.05, 4.69) is 46.3 Å². The number of fused-ring (bicyclic) bond motifs is 2. The van der Waals surface area contributed by atoms with E-state index in [0.717, 1.165) is 63.1 Å². The third kappa shape index (κ3) is 6.66. The highest BCUT2D eigenvalue weighted by molar-refractivity contribution is 5.90. The van der Waals surface area contributed by atoms with E-state index in [1.807, 2.05) is 56.4 Å². The van der Waals surface area contributed by atoms with Gasteiger partial charge in [0.1, 0.15) is 22.9 Å². The highest BCUT2D eigenvalue weighted by atomic mass is 16.4. The van der Waals surface area contributed by atoms with Crippen molar-refractivity contribution in [2.45, 2.75) is 59.7 Å². The lowest BCUT2D eigenvalue weighted by molar-refractivity contribution is -0.147. The maximum Gasteiger partial charge on any atom is 0.310 e. The predicted molar refractivity (Wildman–Crippen MR) is 206 cm³/mol. The van der Waals surface area contributed by atoms with E-state index in [1.54, 1.807) is 6.92 Å². The number of aliphatic carboxylic acids is 1. The molecule has 0 spiro atoms. The molecule has 8 rings (SSSR count). The van der Waals surface area contributed by atoms with Gasteiger partial charge >= 0.3 is 5.97 Å². The van der Waals surface area contributed by atoms with E-state index in [4.69, 9.17) is 24.4 Å². The molecule has 5 heterocycles. The summed E-state index contributed by atoms with van der Waals surface area (Å²) in [6.45, 7) is 11.7. The Morgan fingerprint density at radius 2 is 1.70 bits per heavy atom. The molecule has 0 amide bonds. The van der Waals surface area contributed by atoms with Crippen LogP contribution in [0.4, 0.5) is 11.5 Å². The Kier molecular flexibility index (Phi) is 9.09. The molecule has 0 bridgehead atoms. The number of likely N-dealkylation sites (tertiary alicyclic amines) is 2. The van der Waals surface area contributed by atoms with E-state index in [-0.39, 0.29) is 6.10 Å². The predicted octanol–water partition coefficient (Wildman–Crippen LogP) is 6.90. The lowest BCUT2D eigenvalue weighted by atomic mass is 9.90. The van der Waals surface area contributed by atoms with Crippen molar-refractivity contribution in [2.24, 2.45) is 5.41 Å². The SMILES string of the molecule is Cc1nc(Nc2cccc(-c3cccc(-c4nc5cc(CN6CCC(C)(C(=O)O)C6)cc(C#N)c5o4)c3C)c2C)c2ncc(CN3CCC(O)C3)cc2n1. The summed E-state index contributed by atoms with van der Waals surface area (Å²) in [5, 5.41) is 33.2. The van der Waals surface area contributed by atoms with Gasteiger partial charge in [-0.1, -0.05) is 24.3 Å². The number of aliphatic hydroxyl groups excluding tert-OH is 1. The third-order valence-electron chi connectivity index (χ3n) is 10.9. The fourth-order valence-electron chi connectivity index (χ4n) is 7.92. The van der Waals surface area contributed by atoms with Crippen LogP contribution in [-0.4, -0.2) is 78.2 Å². The first kappa shape index (κ1) is 35.3. The number of hydrogen-bond acceptors (Lipinski definition) is 11. The minimum absolute atomic E-state index is 0.273. The van der Waals surface area contributed by atoms with Gasteiger partial charge in [0.05, 0.1) is 22.6 Å². The molecule has 0 aliphatic carbocycles. The first-order chi connectivity index (χ1) is 26.0. The summed E-state index contributed by atoms with van der Waals surface area (Å²) in [6, 6.07) is 20.3. The van der Waals surface area contributed by atoms with Crippen LogP contribution < -0.4 is 5.32 Å². The van der Waals surface area contributed by atoms with Gasteiger partial charge in [-0.05, 0) is 111 Å². The van der Waals surface area contributed by atoms with Gasteiger partial charge < -0.3 is 19.9 Å². The first-order valence-electron chi connectivity index (χ1n) is 18.3. The van der Waals surface area contributed by atoms with Crippen LogP contribution in [-0.2, 0) is 17.9 Å². The number of hydrogen-bond donors (Lipinski definition) is 3. The van der Waals surface area contributed by atoms with Crippen molar-refractivity contribution in [1.82, 2.24) is 29.7 Å². The van der Waals surface area contributed by atoms with E-state index in [1.165, 1.54) is 0 Å². The summed E-state index contributed by atoms with van der Waals surface area (Å²) >= 11 is 0. The number of pyridine rings is 1. The lowest BCUT2D eigenvalue weighted by Gasteiger charge is -2.20. The molecule has 12 heteroatoms. The molecule has 3 N–H and O–H groups in total. The molecule has 3 aromatic carbocycles. The van der Waals surface area contributed by atoms with E-state index >= 15 is 0 Å². The van der Waals surface area contributed by atoms with Gasteiger partial charge in [-0.2, -0.15) is 5.26 Å². The van der Waals surface area contributed by atoms with Crippen molar-refractivity contribution in [3.8, 4) is 28.7 Å². The molecule has 0 radical (unpaired) electrons. The number of oxazole rings is 1. The number of carboxylic acid groups (broad SMARTS) is 1. The molecule has 0 saturated carbocycles. The van der Waals surface area contributed by atoms with Crippen molar-refractivity contribution in [2.75, 3.05) is 31.5 Å². The summed E-state index contributed by atoms with van der Waals surface area (Å²) in [7, 11) is 0. The molecule has 2 fully saturated rings. The van der Waals surface area contributed by atoms with E-state index < -0.39 is 11.4 Å². The minimum atomic E-state index is -0.785. The summed E-state index contributed by atoms with van der Waals surface area (Å²) in [5.74, 6) is 0.914. The van der Waals surface area contributed by atoms with Crippen molar-refractivity contribution in [3.05, 3.63) is 94.4 Å². The highest BCUT2D eigenvalue weighted by Gasteiger charge is 2.40. The third-order valence-corrected chi connectivity index (χ3v) is 10.9. The van der Waals surface area contributed by atoms with Gasteiger partial charge in [0.15, 0.2) is 11.4 Å². The zero-order valence-corrected chi connectivity index (χ0v) is 30.8. The number of aromatic nitrogens is 4. The Morgan fingerprint density at radius 1 is 0.963 bits per heavy atom. The molecule has 2 aliphatic heterocycles. The molecule has 54 heavy (non-hydrogen) atoms. The molecule has 6 aromatic rings. The Balaban J connectivity index is 1.08. The zero-order chi connectivity index (χ0) is 37.7. The maximum absolute atomic E-state index is 11.8. The fraction of sp³-hybridized carbons (Fsp3) is 0.333. The molecule has 2 aliphatic rings. The van der Waals surface area contributed by atoms with Crippen molar-refractivity contribution < 1.29 is 19.4 Å². The second kappa shape index (κ2) is 13.9. The van der Waals surface area contributed by atoms with E-state index in [0.29, 0.717) is 78.9 Å². The minimum Gasteiger partial charge on any atom is -0.481 e. The largest absolute Gasteiger partial charge is 0.481 e. The zero-order valence-electron chi connectivity index (χ0n) is 30.8. The molecule has 2 atom stereocenters. The van der Waals surface area contributed by atoms with Crippen molar-refractivity contribution >= 4 is 39.6 Å². The molecule has 2 saturated heterocycles. The fourth-order valence-corrected chi connectivity index (χ4v) is 7.92. The number of carboxylic acids is 1. The Labute approximate surface area is 313 Å². The summed E-state index contributed by atoms with van der Waals surface area (Å²) in [4.78, 5) is 35.2. The van der Waals surface area contributed by atoms with Gasteiger partial charge in [0.2, 0.25) is 5.89 Å². The van der Waals surface area contributed by atoms with Crippen molar-refractivity contribution in [3.63, 3.8) is 0 Å². The van der Waals surface area contributed by atoms with Gasteiger partial charge in [-0.15, -0.1) is 0 Å². The van der Waals surface area contributed by atoms with Crippen LogP contribution in [0.15, 0.2) is 65.2 Å². The molecule has 12 nitrogen and oxygen atoms in total. The molecule has 274 valence electrons. The number of aryl methyl sites for hydroxylation is 1. The van der Waals surface area contributed by atoms with Gasteiger partial charge in [-0.3, -0.25) is 19.6 Å². The topological polar surface area (TPSA) is 165 Å². The Morgan fingerprint density at radius 3 is 2.44 bits per heavy atom. The van der Waals surface area contributed by atoms with Gasteiger partial charge in [-0.25, -0.2) is 15.0 Å². The average molecular weight is 723 g/mol. The van der Waals surface area contributed by atoms with Crippen LogP contribution in [0.25, 0.3) is 44.7 Å². The number of β-amino-alcohol motifs (C(OH)–C–C–N with tert-alkyl or cyclic N) is 1. The van der Waals surface area contributed by atoms with Crippen LogP contribution in [0, 0.1) is 37.5 Å². The van der Waals surface area contributed by atoms with Crippen LogP contribution in [0.5, 0.6) is 0 Å². The Hall–Kier alpha value is -5.74. The number of nitrogens with zero attached hydrogens (tertiary/aromatic N) is 7. The van der Waals surface area contributed by atoms with Gasteiger partial charge in [0.25, 0.3) is 0 Å². The van der Waals surface area contributed by atoms with Crippen LogP contribution >= 0.6 is 0 Å². The first-order valence-corrected chi connectivity index (χ1v) is 18.3. The number of nitrogens with one attached hydrogen (secondary N) is 1. The van der Waals surface area contributed by atoms with Crippen molar-refractivity contribution in [1.29, 1.82) is 5.26 Å². The number of anilines is 2. The van der Waals surface area contributed by atoms with Crippen LogP contribution in [0.1, 0.15) is 53.4 Å². The standard InChI is InChI=1S/C42H42N8O4/c1-24-31(7-5-9-33(24)40-48-36-16-27(15-29(18-43)38(36)54-40)20-50-14-12-42(4,23-50)41(52)53)32-8-6-10-34(25(32)2)47-39-37-35(45-26(3)46-39)17-28(19-44-37)21-49-13-11-30(51)22-49/h5-10,15-17,19,30,51H,11-14,20-23H2,1-4H3,(H,52,53)(H,45,46,47). The number of rotatable bonds is 9. The van der Waals surface area contributed by atoms with Crippen LogP contribution in [0.2, 0.25) is 0 Å². The lowest BCUT2D eigenvalue weighted by Crippen LogP contribution is -2.31. The molecule has 3 aromatic heterocycles. The molecular weight excluding hydrogens is 681 g/mol. The summed E-state index contributed by atoms with van der Waals surface area (Å²) < 4.78 is 6.30. The second-order valence-corrected chi connectivity index (χ2v) is 15.0. The van der Waals surface area contributed by atoms with Crippen LogP contribution in [0.3, 0.4) is 0 Å². The monoisotopic (exact) mass is 722 g/mol. The number of carbonyl (C=O) groups is 1. The summed E-state index contributed by atoms with van der Waals surface area (Å²) in [5.41, 5.74) is 9.82. The number of aliphatic hydroxyl groups is 1. The van der Waals surface area contributed by atoms with Gasteiger partial charge in [0, 0.05) is 50.2 Å². The Bertz CT molecular complexity index is 2490. The quantitative estimate of drug-likeness (QED) is 0.142. The molecule has 2 unspecified atom stereocenters. The maximum atomic E-state index is 11.8.